The normalized spacial score (nSPS) is 15.0. The number of carbonyl (C=O) groups excluding carboxylic acids is 1. The van der Waals surface area contributed by atoms with Gasteiger partial charge in [-0.05, 0) is 74.1 Å². The third-order valence-corrected chi connectivity index (χ3v) is 6.00. The van der Waals surface area contributed by atoms with E-state index < -0.39 is 0 Å². The number of methoxy groups -OCH3 is 2. The fourth-order valence-corrected chi connectivity index (χ4v) is 4.50. The summed E-state index contributed by atoms with van der Waals surface area (Å²) >= 11 is 5.83. The first-order valence-corrected chi connectivity index (χ1v) is 11.8. The molecule has 2 aromatic rings. The van der Waals surface area contributed by atoms with Gasteiger partial charge in [-0.15, -0.1) is 0 Å². The zero-order valence-corrected chi connectivity index (χ0v) is 21.7. The molecule has 0 spiro atoms. The van der Waals surface area contributed by atoms with E-state index in [1.807, 2.05) is 31.2 Å². The van der Waals surface area contributed by atoms with Gasteiger partial charge in [0.2, 0.25) is 5.76 Å². The van der Waals surface area contributed by atoms with Gasteiger partial charge in [-0.2, -0.15) is 0 Å². The number of carbonyl (C=O) groups is 1. The molecule has 1 aliphatic rings. The maximum atomic E-state index is 12.8. The molecule has 0 bridgehead atoms. The Balaban J connectivity index is 0.000000340. The van der Waals surface area contributed by atoms with E-state index in [0.29, 0.717) is 6.54 Å². The molecule has 34 heavy (non-hydrogen) atoms. The maximum Gasteiger partial charge on any atom is 0.292 e. The summed E-state index contributed by atoms with van der Waals surface area (Å²) < 4.78 is 10.9. The number of fused-ring (bicyclic) bond motifs is 1. The second kappa shape index (κ2) is 13.0. The second-order valence-electron chi connectivity index (χ2n) is 7.94. The number of hydrogen-bond acceptors (Lipinski definition) is 5. The Morgan fingerprint density at radius 1 is 1.21 bits per heavy atom. The molecular weight excluding hydrogens is 452 g/mol. The van der Waals surface area contributed by atoms with E-state index in [2.05, 4.69) is 31.8 Å². The summed E-state index contributed by atoms with van der Waals surface area (Å²) in [6, 6.07) is 9.92. The van der Waals surface area contributed by atoms with E-state index in [-0.39, 0.29) is 17.7 Å². The van der Waals surface area contributed by atoms with Crippen molar-refractivity contribution in [3.05, 3.63) is 69.4 Å². The summed E-state index contributed by atoms with van der Waals surface area (Å²) in [6.07, 6.45) is 4.15. The monoisotopic (exact) mass is 486 g/mol. The van der Waals surface area contributed by atoms with Crippen LogP contribution in [-0.2, 0) is 22.5 Å². The summed E-state index contributed by atoms with van der Waals surface area (Å²) in [5, 5.41) is 4.21. The number of ether oxygens (including phenoxy) is 2. The molecule has 0 radical (unpaired) electrons. The second-order valence-corrected chi connectivity index (χ2v) is 8.38. The summed E-state index contributed by atoms with van der Waals surface area (Å²) in [5.41, 5.74) is 4.73. The molecule has 0 aliphatic carbocycles. The van der Waals surface area contributed by atoms with Crippen LogP contribution in [0, 0.1) is 6.92 Å². The van der Waals surface area contributed by atoms with Gasteiger partial charge >= 0.3 is 0 Å². The first kappa shape index (κ1) is 27.3. The van der Waals surface area contributed by atoms with Crippen LogP contribution in [0.3, 0.4) is 0 Å². The molecule has 0 fully saturated rings. The Kier molecular flexibility index (Phi) is 10.5. The van der Waals surface area contributed by atoms with Gasteiger partial charge in [0.1, 0.15) is 11.5 Å². The first-order chi connectivity index (χ1) is 16.3. The molecule has 0 saturated heterocycles. The van der Waals surface area contributed by atoms with Gasteiger partial charge < -0.3 is 19.2 Å². The molecule has 1 unspecified atom stereocenters. The predicted molar refractivity (Wildman–Crippen MR) is 138 cm³/mol. The van der Waals surface area contributed by atoms with Crippen LogP contribution in [0.1, 0.15) is 55.5 Å². The SMILES string of the molecule is C=NO/C(=C\C)C(=O)N1CCc2cc(OC)cc(OC)c2C1CC.CCc1cc(C)cc(Cl)c1. The number of oxime groups is 1. The molecule has 0 saturated carbocycles. The molecule has 3 rings (SSSR count). The first-order valence-electron chi connectivity index (χ1n) is 11.4. The number of hydrogen-bond donors (Lipinski definition) is 0. The average Bonchev–Trinajstić information content (AvgIpc) is 2.84. The average molecular weight is 487 g/mol. The van der Waals surface area contributed by atoms with Crippen molar-refractivity contribution >= 4 is 24.2 Å². The van der Waals surface area contributed by atoms with Crippen LogP contribution in [0.25, 0.3) is 0 Å². The Labute approximate surface area is 208 Å². The largest absolute Gasteiger partial charge is 0.497 e. The molecule has 6 nitrogen and oxygen atoms in total. The van der Waals surface area contributed by atoms with E-state index in [9.17, 15) is 4.79 Å². The Hall–Kier alpha value is -2.99. The van der Waals surface area contributed by atoms with E-state index in [1.54, 1.807) is 32.1 Å². The topological polar surface area (TPSA) is 60.4 Å². The number of halogens is 1. The highest BCUT2D eigenvalue weighted by Gasteiger charge is 2.34. The Bertz CT molecular complexity index is 998. The molecule has 1 heterocycles. The quantitative estimate of drug-likeness (QED) is 0.200. The third kappa shape index (κ3) is 6.54. The number of rotatable bonds is 7. The van der Waals surface area contributed by atoms with Crippen molar-refractivity contribution in [3.63, 3.8) is 0 Å². The van der Waals surface area contributed by atoms with Crippen LogP contribution < -0.4 is 9.47 Å². The number of aryl methyl sites for hydroxylation is 2. The van der Waals surface area contributed by atoms with Gasteiger partial charge in [0.15, 0.2) is 0 Å². The van der Waals surface area contributed by atoms with Crippen molar-refractivity contribution in [2.24, 2.45) is 5.16 Å². The van der Waals surface area contributed by atoms with Crippen LogP contribution in [-0.4, -0.2) is 38.3 Å². The van der Waals surface area contributed by atoms with Crippen LogP contribution in [0.2, 0.25) is 5.02 Å². The van der Waals surface area contributed by atoms with Gasteiger partial charge in [0, 0.05) is 29.9 Å². The van der Waals surface area contributed by atoms with Gasteiger partial charge in [0.05, 0.1) is 20.3 Å². The molecular formula is C27H35ClN2O4. The van der Waals surface area contributed by atoms with Crippen molar-refractivity contribution in [3.8, 4) is 11.5 Å². The van der Waals surface area contributed by atoms with Crippen LogP contribution in [0.5, 0.6) is 11.5 Å². The number of nitrogens with zero attached hydrogens (tertiary/aromatic N) is 2. The van der Waals surface area contributed by atoms with Crippen LogP contribution in [0.15, 0.2) is 47.3 Å². The smallest absolute Gasteiger partial charge is 0.292 e. The highest BCUT2D eigenvalue weighted by atomic mass is 35.5. The van der Waals surface area contributed by atoms with E-state index >= 15 is 0 Å². The lowest BCUT2D eigenvalue weighted by Gasteiger charge is -2.37. The number of amides is 1. The van der Waals surface area contributed by atoms with Crippen molar-refractivity contribution < 1.29 is 19.1 Å². The van der Waals surface area contributed by atoms with Gasteiger partial charge in [-0.25, -0.2) is 0 Å². The number of allylic oxidation sites excluding steroid dienone is 1. The van der Waals surface area contributed by atoms with E-state index in [1.165, 1.54) is 11.1 Å². The van der Waals surface area contributed by atoms with Crippen molar-refractivity contribution in [1.82, 2.24) is 4.90 Å². The highest BCUT2D eigenvalue weighted by molar-refractivity contribution is 6.30. The van der Waals surface area contributed by atoms with Gasteiger partial charge in [-0.1, -0.05) is 36.7 Å². The Morgan fingerprint density at radius 3 is 2.47 bits per heavy atom. The minimum Gasteiger partial charge on any atom is -0.497 e. The summed E-state index contributed by atoms with van der Waals surface area (Å²) in [5.74, 6) is 1.48. The van der Waals surface area contributed by atoms with Crippen molar-refractivity contribution in [1.29, 1.82) is 0 Å². The zero-order chi connectivity index (χ0) is 25.3. The molecule has 0 aromatic heterocycles. The summed E-state index contributed by atoms with van der Waals surface area (Å²) in [4.78, 5) is 19.6. The fourth-order valence-electron chi connectivity index (χ4n) is 4.19. The molecule has 1 aliphatic heterocycles. The molecule has 0 N–H and O–H groups in total. The van der Waals surface area contributed by atoms with Crippen LogP contribution in [0.4, 0.5) is 0 Å². The molecule has 1 atom stereocenters. The standard InChI is InChI=1S/C18H24N2O4.C9H11Cl/c1-6-14-17-12(10-13(22-4)11-16(17)23-5)8-9-20(14)18(21)15(7-2)24-19-3;1-3-8-4-7(2)5-9(10)6-8/h7,10-11,14H,3,6,8-9H2,1-2,4-5H3;4-6H,3H2,1-2H3/b15-7-;. The molecule has 184 valence electrons. The van der Waals surface area contributed by atoms with Gasteiger partial charge in [-0.3, -0.25) is 4.79 Å². The predicted octanol–water partition coefficient (Wildman–Crippen LogP) is 6.29. The van der Waals surface area contributed by atoms with Crippen molar-refractivity contribution in [2.45, 2.75) is 53.0 Å². The summed E-state index contributed by atoms with van der Waals surface area (Å²) in [6.45, 7) is 11.9. The lowest BCUT2D eigenvalue weighted by molar-refractivity contribution is -0.133. The zero-order valence-electron chi connectivity index (χ0n) is 21.0. The minimum atomic E-state index is -0.194. The van der Waals surface area contributed by atoms with Crippen molar-refractivity contribution in [2.75, 3.05) is 20.8 Å². The fraction of sp³-hybridized carbons (Fsp3) is 0.407. The Morgan fingerprint density at radius 2 is 1.94 bits per heavy atom. The third-order valence-electron chi connectivity index (χ3n) is 5.78. The van der Waals surface area contributed by atoms with Gasteiger partial charge in [0.25, 0.3) is 5.91 Å². The van der Waals surface area contributed by atoms with E-state index in [4.69, 9.17) is 25.9 Å². The molecule has 7 heteroatoms. The highest BCUT2D eigenvalue weighted by Crippen LogP contribution is 2.41. The maximum absolute atomic E-state index is 12.8. The van der Waals surface area contributed by atoms with Crippen LogP contribution >= 0.6 is 11.6 Å². The molecule has 2 aromatic carbocycles. The lowest BCUT2D eigenvalue weighted by Crippen LogP contribution is -2.41. The van der Waals surface area contributed by atoms with E-state index in [0.717, 1.165) is 46.9 Å². The molecule has 1 amide bonds. The number of benzene rings is 2. The minimum absolute atomic E-state index is 0.0922. The summed E-state index contributed by atoms with van der Waals surface area (Å²) in [7, 11) is 3.26. The lowest BCUT2D eigenvalue weighted by atomic mass is 9.89.